The van der Waals surface area contributed by atoms with E-state index in [1.165, 1.54) is 5.56 Å². The van der Waals surface area contributed by atoms with Gasteiger partial charge in [-0.05, 0) is 67.5 Å². The summed E-state index contributed by atoms with van der Waals surface area (Å²) in [4.78, 5) is 16.1. The molecule has 2 aromatic carbocycles. The molecule has 1 aliphatic carbocycles. The number of carboxylic acid groups (broad SMARTS) is 1. The van der Waals surface area contributed by atoms with Gasteiger partial charge in [0.15, 0.2) is 0 Å². The van der Waals surface area contributed by atoms with Crippen LogP contribution in [0.15, 0.2) is 52.9 Å². The van der Waals surface area contributed by atoms with Gasteiger partial charge in [-0.3, -0.25) is 4.79 Å². The van der Waals surface area contributed by atoms with Gasteiger partial charge < -0.3 is 14.3 Å². The third kappa shape index (κ3) is 4.25. The molecule has 0 spiro atoms. The van der Waals surface area contributed by atoms with Gasteiger partial charge in [0.25, 0.3) is 0 Å². The highest BCUT2D eigenvalue weighted by Gasteiger charge is 2.29. The van der Waals surface area contributed by atoms with Gasteiger partial charge in [-0.25, -0.2) is 4.98 Å². The van der Waals surface area contributed by atoms with Crippen LogP contribution in [0.3, 0.4) is 0 Å². The summed E-state index contributed by atoms with van der Waals surface area (Å²) in [5.74, 6) is 1.25. The van der Waals surface area contributed by atoms with E-state index in [-0.39, 0.29) is 11.8 Å². The van der Waals surface area contributed by atoms with Gasteiger partial charge in [-0.1, -0.05) is 31.2 Å². The van der Waals surface area contributed by atoms with E-state index in [1.54, 1.807) is 6.92 Å². The first-order valence-electron chi connectivity index (χ1n) is 10.5. The number of oxazole rings is 1. The highest BCUT2D eigenvalue weighted by atomic mass is 16.5. The van der Waals surface area contributed by atoms with Crippen molar-refractivity contribution in [3.8, 4) is 17.2 Å². The molecule has 0 fully saturated rings. The molecule has 1 aromatic heterocycles. The molecule has 156 valence electrons. The van der Waals surface area contributed by atoms with Crippen molar-refractivity contribution >= 4 is 5.97 Å². The number of hydrogen-bond donors (Lipinski definition) is 1. The molecule has 4 rings (SSSR count). The summed E-state index contributed by atoms with van der Waals surface area (Å²) in [6.45, 7) is 4.24. The molecule has 1 heterocycles. The number of fused-ring (bicyclic) bond motifs is 1. The predicted octanol–water partition coefficient (Wildman–Crippen LogP) is 5.41. The van der Waals surface area contributed by atoms with Crippen LogP contribution >= 0.6 is 0 Å². The van der Waals surface area contributed by atoms with Crippen molar-refractivity contribution < 1.29 is 19.1 Å². The molecule has 0 saturated heterocycles. The molecule has 3 aromatic rings. The fraction of sp³-hybridized carbons (Fsp3) is 0.360. The summed E-state index contributed by atoms with van der Waals surface area (Å²) in [5, 5.41) is 9.40. The Hall–Kier alpha value is -3.08. The van der Waals surface area contributed by atoms with Gasteiger partial charge in [-0.15, -0.1) is 0 Å². The van der Waals surface area contributed by atoms with E-state index in [0.717, 1.165) is 47.6 Å². The summed E-state index contributed by atoms with van der Waals surface area (Å²) in [7, 11) is 0. The zero-order chi connectivity index (χ0) is 21.1. The van der Waals surface area contributed by atoms with Crippen molar-refractivity contribution in [2.24, 2.45) is 5.92 Å². The second-order valence-electron chi connectivity index (χ2n) is 7.97. The number of rotatable bonds is 7. The minimum absolute atomic E-state index is 0.0782. The number of aromatic nitrogens is 1. The maximum atomic E-state index is 11.4. The lowest BCUT2D eigenvalue weighted by atomic mass is 9.76. The first-order valence-corrected chi connectivity index (χ1v) is 10.5. The molecule has 0 saturated carbocycles. The molecule has 5 heteroatoms. The minimum atomic E-state index is -0.731. The molecular weight excluding hydrogens is 378 g/mol. The molecule has 0 amide bonds. The van der Waals surface area contributed by atoms with E-state index in [2.05, 4.69) is 11.1 Å². The maximum Gasteiger partial charge on any atom is 0.306 e. The average Bonchev–Trinajstić information content (AvgIpc) is 3.13. The molecule has 5 nitrogen and oxygen atoms in total. The van der Waals surface area contributed by atoms with Crippen LogP contribution in [-0.4, -0.2) is 22.7 Å². The van der Waals surface area contributed by atoms with Crippen LogP contribution in [-0.2, 0) is 17.6 Å². The van der Waals surface area contributed by atoms with Crippen molar-refractivity contribution in [3.05, 3.63) is 71.1 Å². The highest BCUT2D eigenvalue weighted by molar-refractivity contribution is 5.71. The lowest BCUT2D eigenvalue weighted by Gasteiger charge is -2.28. The van der Waals surface area contributed by atoms with Crippen molar-refractivity contribution in [1.82, 2.24) is 4.98 Å². The summed E-state index contributed by atoms with van der Waals surface area (Å²) in [6, 6.07) is 15.9. The quantitative estimate of drug-likeness (QED) is 0.569. The van der Waals surface area contributed by atoms with E-state index in [4.69, 9.17) is 9.15 Å². The smallest absolute Gasteiger partial charge is 0.306 e. The largest absolute Gasteiger partial charge is 0.493 e. The van der Waals surface area contributed by atoms with Crippen LogP contribution in [0.2, 0.25) is 0 Å². The number of hydrogen-bond acceptors (Lipinski definition) is 4. The van der Waals surface area contributed by atoms with Crippen LogP contribution in [0.1, 0.15) is 48.3 Å². The zero-order valence-electron chi connectivity index (χ0n) is 17.4. The molecule has 1 aliphatic rings. The lowest BCUT2D eigenvalue weighted by molar-refractivity contribution is -0.142. The number of aliphatic carboxylic acids is 1. The van der Waals surface area contributed by atoms with Crippen molar-refractivity contribution in [2.45, 2.75) is 45.4 Å². The number of aryl methyl sites for hydroxylation is 2. The van der Waals surface area contributed by atoms with Gasteiger partial charge >= 0.3 is 5.97 Å². The third-order valence-corrected chi connectivity index (χ3v) is 5.99. The summed E-state index contributed by atoms with van der Waals surface area (Å²) < 4.78 is 11.8. The molecule has 30 heavy (non-hydrogen) atoms. The fourth-order valence-electron chi connectivity index (χ4n) is 4.24. The molecule has 0 aliphatic heterocycles. The molecule has 0 unspecified atom stereocenters. The van der Waals surface area contributed by atoms with Crippen molar-refractivity contribution in [2.75, 3.05) is 6.61 Å². The Morgan fingerprint density at radius 3 is 2.83 bits per heavy atom. The Bertz CT molecular complexity index is 1020. The van der Waals surface area contributed by atoms with Crippen LogP contribution in [0.5, 0.6) is 5.75 Å². The number of ether oxygens (including phenoxy) is 1. The Morgan fingerprint density at radius 1 is 1.27 bits per heavy atom. The van der Waals surface area contributed by atoms with Crippen molar-refractivity contribution in [1.29, 1.82) is 0 Å². The molecular formula is C25H27NO4. The van der Waals surface area contributed by atoms with Crippen molar-refractivity contribution in [3.63, 3.8) is 0 Å². The van der Waals surface area contributed by atoms with Gasteiger partial charge in [0, 0.05) is 12.0 Å². The second kappa shape index (κ2) is 8.74. The molecule has 1 N–H and O–H groups in total. The molecule has 0 radical (unpaired) electrons. The standard InChI is InChI=1S/C25H27NO4/c1-16(25(27)28)21-10-6-9-19-15-20(11-12-22(19)21)29-14-13-23-17(2)30-24(26-23)18-7-4-3-5-8-18/h3-5,7-8,11-12,15-16,21H,6,9-10,13-14H2,1-2H3,(H,27,28)/t16-,21-/m0/s1. The topological polar surface area (TPSA) is 72.6 Å². The third-order valence-electron chi connectivity index (χ3n) is 5.99. The SMILES string of the molecule is Cc1oc(-c2ccccc2)nc1CCOc1ccc2c(c1)CCC[C@H]2[C@H](C)C(=O)O. The van der Waals surface area contributed by atoms with Crippen LogP contribution in [0.25, 0.3) is 11.5 Å². The number of carboxylic acids is 1. The Balaban J connectivity index is 1.41. The van der Waals surface area contributed by atoms with Gasteiger partial charge in [0.2, 0.25) is 5.89 Å². The Morgan fingerprint density at radius 2 is 2.07 bits per heavy atom. The average molecular weight is 405 g/mol. The Kier molecular flexibility index (Phi) is 5.88. The number of nitrogens with zero attached hydrogens (tertiary/aromatic N) is 1. The lowest BCUT2D eigenvalue weighted by Crippen LogP contribution is -2.22. The van der Waals surface area contributed by atoms with E-state index < -0.39 is 5.97 Å². The predicted molar refractivity (Wildman–Crippen MR) is 115 cm³/mol. The van der Waals surface area contributed by atoms with E-state index in [1.807, 2.05) is 49.4 Å². The number of benzene rings is 2. The van der Waals surface area contributed by atoms with Crippen LogP contribution < -0.4 is 4.74 Å². The second-order valence-corrected chi connectivity index (χ2v) is 7.97. The van der Waals surface area contributed by atoms with Crippen LogP contribution in [0, 0.1) is 12.8 Å². The molecule has 2 atom stereocenters. The maximum absolute atomic E-state index is 11.4. The van der Waals surface area contributed by atoms with E-state index in [0.29, 0.717) is 18.9 Å². The monoisotopic (exact) mass is 405 g/mol. The zero-order valence-corrected chi connectivity index (χ0v) is 17.4. The first kappa shape index (κ1) is 20.2. The minimum Gasteiger partial charge on any atom is -0.493 e. The fourth-order valence-corrected chi connectivity index (χ4v) is 4.24. The molecule has 0 bridgehead atoms. The summed E-state index contributed by atoms with van der Waals surface area (Å²) in [5.41, 5.74) is 4.24. The number of carbonyl (C=O) groups is 1. The van der Waals surface area contributed by atoms with Gasteiger partial charge in [0.05, 0.1) is 18.2 Å². The first-order chi connectivity index (χ1) is 14.5. The van der Waals surface area contributed by atoms with Crippen LogP contribution in [0.4, 0.5) is 0 Å². The summed E-state index contributed by atoms with van der Waals surface area (Å²) in [6.07, 6.45) is 3.57. The van der Waals surface area contributed by atoms with Gasteiger partial charge in [0.1, 0.15) is 11.5 Å². The van der Waals surface area contributed by atoms with Gasteiger partial charge in [-0.2, -0.15) is 0 Å². The van der Waals surface area contributed by atoms with E-state index in [9.17, 15) is 9.90 Å². The normalized spacial score (nSPS) is 16.7. The Labute approximate surface area is 176 Å². The summed E-state index contributed by atoms with van der Waals surface area (Å²) >= 11 is 0. The van der Waals surface area contributed by atoms with E-state index >= 15 is 0 Å². The highest BCUT2D eigenvalue weighted by Crippen LogP contribution is 2.38.